The van der Waals surface area contributed by atoms with E-state index in [4.69, 9.17) is 5.73 Å². The van der Waals surface area contributed by atoms with Crippen molar-refractivity contribution < 1.29 is 0 Å². The van der Waals surface area contributed by atoms with E-state index >= 15 is 0 Å². The van der Waals surface area contributed by atoms with Crippen molar-refractivity contribution in [3.8, 4) is 0 Å². The first-order valence-corrected chi connectivity index (χ1v) is 5.83. The third-order valence-electron chi connectivity index (χ3n) is 2.94. The first-order valence-electron chi connectivity index (χ1n) is 5.83. The van der Waals surface area contributed by atoms with Crippen molar-refractivity contribution in [3.05, 3.63) is 46.5 Å². The van der Waals surface area contributed by atoms with Gasteiger partial charge in [-0.1, -0.05) is 0 Å². The maximum Gasteiger partial charge on any atom is 0.323 e. The van der Waals surface area contributed by atoms with Crippen molar-refractivity contribution in [3.63, 3.8) is 0 Å². The van der Waals surface area contributed by atoms with Crippen molar-refractivity contribution in [2.45, 2.75) is 6.92 Å². The highest BCUT2D eigenvalue weighted by Crippen LogP contribution is 2.20. The molecular weight excluding hydrogens is 242 g/mol. The largest absolute Gasteiger partial charge is 0.397 e. The van der Waals surface area contributed by atoms with Gasteiger partial charge in [0.1, 0.15) is 5.82 Å². The van der Waals surface area contributed by atoms with Crippen LogP contribution in [0.5, 0.6) is 0 Å². The quantitative estimate of drug-likeness (QED) is 0.561. The molecule has 6 nitrogen and oxygen atoms in total. The zero-order valence-corrected chi connectivity index (χ0v) is 10.3. The number of anilines is 3. The Bertz CT molecular complexity index is 802. The number of nitrogen functional groups attached to an aromatic ring is 1. The van der Waals surface area contributed by atoms with Gasteiger partial charge in [-0.3, -0.25) is 0 Å². The summed E-state index contributed by atoms with van der Waals surface area (Å²) in [5, 5.41) is 3.17. The van der Waals surface area contributed by atoms with Crippen LogP contribution in [0.25, 0.3) is 11.0 Å². The van der Waals surface area contributed by atoms with Crippen LogP contribution in [0.1, 0.15) is 5.56 Å². The number of benzene rings is 1. The fourth-order valence-corrected chi connectivity index (χ4v) is 1.89. The lowest BCUT2D eigenvalue weighted by Gasteiger charge is -2.07. The van der Waals surface area contributed by atoms with Gasteiger partial charge in [0.25, 0.3) is 0 Å². The normalized spacial score (nSPS) is 10.8. The molecule has 3 aromatic rings. The number of nitrogens with one attached hydrogen (secondary N) is 3. The van der Waals surface area contributed by atoms with Gasteiger partial charge in [0.15, 0.2) is 0 Å². The Kier molecular flexibility index (Phi) is 2.49. The van der Waals surface area contributed by atoms with Gasteiger partial charge in [0.2, 0.25) is 0 Å². The highest BCUT2D eigenvalue weighted by atomic mass is 16.1. The predicted molar refractivity (Wildman–Crippen MR) is 75.6 cm³/mol. The van der Waals surface area contributed by atoms with Crippen LogP contribution in [0, 0.1) is 6.92 Å². The highest BCUT2D eigenvalue weighted by Gasteiger charge is 2.02. The standard InChI is InChI=1S/C13H13N5O/c1-7-4-12(15-6-9(7)14)16-8-2-3-10-11(5-8)18-13(19)17-10/h2-6H,14H2,1H3,(H,15,16)(H2,17,18,19). The van der Waals surface area contributed by atoms with Crippen molar-refractivity contribution in [2.75, 3.05) is 11.1 Å². The lowest BCUT2D eigenvalue weighted by Crippen LogP contribution is -1.99. The summed E-state index contributed by atoms with van der Waals surface area (Å²) in [6, 6.07) is 7.43. The average molecular weight is 255 g/mol. The van der Waals surface area contributed by atoms with Crippen LogP contribution in [0.4, 0.5) is 17.2 Å². The minimum atomic E-state index is -0.214. The van der Waals surface area contributed by atoms with Gasteiger partial charge in [0.05, 0.1) is 22.9 Å². The van der Waals surface area contributed by atoms with Crippen LogP contribution >= 0.6 is 0 Å². The zero-order valence-electron chi connectivity index (χ0n) is 10.3. The second-order valence-corrected chi connectivity index (χ2v) is 4.39. The number of hydrogen-bond acceptors (Lipinski definition) is 4. The number of pyridine rings is 1. The lowest BCUT2D eigenvalue weighted by molar-refractivity contribution is 1.21. The van der Waals surface area contributed by atoms with E-state index in [0.29, 0.717) is 11.5 Å². The average Bonchev–Trinajstić information content (AvgIpc) is 2.73. The van der Waals surface area contributed by atoms with Gasteiger partial charge in [0, 0.05) is 5.69 Å². The van der Waals surface area contributed by atoms with Crippen LogP contribution < -0.4 is 16.7 Å². The fourth-order valence-electron chi connectivity index (χ4n) is 1.89. The third-order valence-corrected chi connectivity index (χ3v) is 2.94. The van der Waals surface area contributed by atoms with Crippen LogP contribution in [0.3, 0.4) is 0 Å². The number of aromatic amines is 2. The molecule has 0 spiro atoms. The highest BCUT2D eigenvalue weighted by molar-refractivity contribution is 5.79. The van der Waals surface area contributed by atoms with E-state index in [9.17, 15) is 4.79 Å². The van der Waals surface area contributed by atoms with Crippen LogP contribution in [0.2, 0.25) is 0 Å². The summed E-state index contributed by atoms with van der Waals surface area (Å²) < 4.78 is 0. The number of aryl methyl sites for hydroxylation is 1. The molecular formula is C13H13N5O. The first-order chi connectivity index (χ1) is 9.11. The van der Waals surface area contributed by atoms with Gasteiger partial charge in [-0.2, -0.15) is 0 Å². The molecule has 96 valence electrons. The number of aromatic nitrogens is 3. The Morgan fingerprint density at radius 1 is 1.21 bits per heavy atom. The molecule has 5 N–H and O–H groups in total. The van der Waals surface area contributed by atoms with E-state index in [1.54, 1.807) is 6.20 Å². The summed E-state index contributed by atoms with van der Waals surface area (Å²) >= 11 is 0. The SMILES string of the molecule is Cc1cc(Nc2ccc3[nH]c(=O)[nH]c3c2)ncc1N. The molecule has 0 unspecified atom stereocenters. The number of nitrogens with zero attached hydrogens (tertiary/aromatic N) is 1. The second kappa shape index (κ2) is 4.16. The van der Waals surface area contributed by atoms with Gasteiger partial charge in [-0.05, 0) is 36.8 Å². The summed E-state index contributed by atoms with van der Waals surface area (Å²) in [6.45, 7) is 1.93. The number of H-pyrrole nitrogens is 2. The molecule has 0 atom stereocenters. The number of hydrogen-bond donors (Lipinski definition) is 4. The van der Waals surface area contributed by atoms with E-state index in [0.717, 1.165) is 22.3 Å². The van der Waals surface area contributed by atoms with Gasteiger partial charge >= 0.3 is 5.69 Å². The summed E-state index contributed by atoms with van der Waals surface area (Å²) in [6.07, 6.45) is 1.62. The van der Waals surface area contributed by atoms with E-state index in [1.165, 1.54) is 0 Å². The number of imidazole rings is 1. The van der Waals surface area contributed by atoms with E-state index in [2.05, 4.69) is 20.3 Å². The molecule has 2 aromatic heterocycles. The summed E-state index contributed by atoms with van der Waals surface area (Å²) in [7, 11) is 0. The Balaban J connectivity index is 1.95. The minimum Gasteiger partial charge on any atom is -0.397 e. The van der Waals surface area contributed by atoms with Gasteiger partial charge in [-0.15, -0.1) is 0 Å². The molecule has 0 aliphatic rings. The molecule has 0 aliphatic carbocycles. The van der Waals surface area contributed by atoms with Crippen molar-refractivity contribution in [1.29, 1.82) is 0 Å². The van der Waals surface area contributed by atoms with Crippen LogP contribution in [-0.2, 0) is 0 Å². The molecule has 0 radical (unpaired) electrons. The molecule has 0 fully saturated rings. The number of fused-ring (bicyclic) bond motifs is 1. The molecule has 0 aliphatic heterocycles. The molecule has 3 rings (SSSR count). The number of rotatable bonds is 2. The Morgan fingerprint density at radius 3 is 2.79 bits per heavy atom. The molecule has 0 saturated heterocycles. The Labute approximate surface area is 108 Å². The molecule has 0 bridgehead atoms. The van der Waals surface area contributed by atoms with Gasteiger partial charge in [-0.25, -0.2) is 9.78 Å². The van der Waals surface area contributed by atoms with Crippen molar-refractivity contribution in [2.24, 2.45) is 0 Å². The lowest BCUT2D eigenvalue weighted by atomic mass is 10.2. The summed E-state index contributed by atoms with van der Waals surface area (Å²) in [5.41, 5.74) is 9.51. The van der Waals surface area contributed by atoms with Gasteiger partial charge < -0.3 is 21.0 Å². The Hall–Kier alpha value is -2.76. The van der Waals surface area contributed by atoms with Crippen LogP contribution in [-0.4, -0.2) is 15.0 Å². The molecule has 0 amide bonds. The molecule has 2 heterocycles. The van der Waals surface area contributed by atoms with E-state index in [-0.39, 0.29) is 5.69 Å². The third kappa shape index (κ3) is 2.15. The monoisotopic (exact) mass is 255 g/mol. The molecule has 1 aromatic carbocycles. The summed E-state index contributed by atoms with van der Waals surface area (Å²) in [4.78, 5) is 20.8. The van der Waals surface area contributed by atoms with Crippen LogP contribution in [0.15, 0.2) is 35.3 Å². The van der Waals surface area contributed by atoms with E-state index < -0.39 is 0 Å². The van der Waals surface area contributed by atoms with Crippen molar-refractivity contribution >= 4 is 28.2 Å². The van der Waals surface area contributed by atoms with Crippen molar-refractivity contribution in [1.82, 2.24) is 15.0 Å². The minimum absolute atomic E-state index is 0.214. The maximum absolute atomic E-state index is 11.2. The topological polar surface area (TPSA) is 99.6 Å². The van der Waals surface area contributed by atoms with E-state index in [1.807, 2.05) is 31.2 Å². The molecule has 19 heavy (non-hydrogen) atoms. The predicted octanol–water partition coefficient (Wildman–Crippen LogP) is 1.89. The molecule has 6 heteroatoms. The zero-order chi connectivity index (χ0) is 13.4. The second-order valence-electron chi connectivity index (χ2n) is 4.39. The fraction of sp³-hybridized carbons (Fsp3) is 0.0769. The smallest absolute Gasteiger partial charge is 0.323 e. The summed E-state index contributed by atoms with van der Waals surface area (Å²) in [5.74, 6) is 0.712. The first kappa shape index (κ1) is 11.3. The Morgan fingerprint density at radius 2 is 2.00 bits per heavy atom. The molecule has 0 saturated carbocycles. The maximum atomic E-state index is 11.2. The number of nitrogens with two attached hydrogens (primary N) is 1.